The highest BCUT2D eigenvalue weighted by Crippen LogP contribution is 2.23. The van der Waals surface area contributed by atoms with Gasteiger partial charge in [-0.25, -0.2) is 0 Å². The van der Waals surface area contributed by atoms with Gasteiger partial charge in [0, 0.05) is 18.7 Å². The van der Waals surface area contributed by atoms with Crippen LogP contribution in [0.25, 0.3) is 0 Å². The molecular formula is C11H13NO2. The minimum Gasteiger partial charge on any atom is -0.395 e. The summed E-state index contributed by atoms with van der Waals surface area (Å²) < 4.78 is 0. The van der Waals surface area contributed by atoms with Gasteiger partial charge in [0.1, 0.15) is 0 Å². The zero-order valence-corrected chi connectivity index (χ0v) is 8.16. The van der Waals surface area contributed by atoms with E-state index in [2.05, 4.69) is 0 Å². The summed E-state index contributed by atoms with van der Waals surface area (Å²) in [7, 11) is 0. The SMILES string of the molecule is Cc1ccc2c(c1)C(=O)N(CCO)C2. The van der Waals surface area contributed by atoms with Crippen LogP contribution in [0.2, 0.25) is 0 Å². The number of carbonyl (C=O) groups excluding carboxylic acids is 1. The molecule has 0 atom stereocenters. The zero-order valence-electron chi connectivity index (χ0n) is 8.16. The highest BCUT2D eigenvalue weighted by atomic mass is 16.3. The summed E-state index contributed by atoms with van der Waals surface area (Å²) >= 11 is 0. The highest BCUT2D eigenvalue weighted by molar-refractivity contribution is 5.98. The van der Waals surface area contributed by atoms with Crippen LogP contribution in [0.15, 0.2) is 18.2 Å². The van der Waals surface area contributed by atoms with Crippen molar-refractivity contribution in [3.05, 3.63) is 34.9 Å². The molecule has 3 nitrogen and oxygen atoms in total. The monoisotopic (exact) mass is 191 g/mol. The van der Waals surface area contributed by atoms with Crippen molar-refractivity contribution in [3.8, 4) is 0 Å². The fraction of sp³-hybridized carbons (Fsp3) is 0.364. The van der Waals surface area contributed by atoms with Crippen molar-refractivity contribution >= 4 is 5.91 Å². The second kappa shape index (κ2) is 3.42. The first kappa shape index (κ1) is 9.21. The summed E-state index contributed by atoms with van der Waals surface area (Å²) in [4.78, 5) is 13.4. The number of fused-ring (bicyclic) bond motifs is 1. The molecule has 1 aliphatic rings. The van der Waals surface area contributed by atoms with Gasteiger partial charge in [-0.05, 0) is 18.6 Å². The molecule has 1 heterocycles. The molecule has 0 aromatic heterocycles. The van der Waals surface area contributed by atoms with Crippen LogP contribution in [0.5, 0.6) is 0 Å². The molecule has 0 fully saturated rings. The van der Waals surface area contributed by atoms with Gasteiger partial charge in [0.05, 0.1) is 6.61 Å². The second-order valence-corrected chi connectivity index (χ2v) is 3.61. The number of aryl methyl sites for hydroxylation is 1. The fourth-order valence-electron chi connectivity index (χ4n) is 1.78. The number of aliphatic hydroxyl groups is 1. The lowest BCUT2D eigenvalue weighted by atomic mass is 10.1. The van der Waals surface area contributed by atoms with Crippen molar-refractivity contribution in [2.45, 2.75) is 13.5 Å². The summed E-state index contributed by atoms with van der Waals surface area (Å²) in [6, 6.07) is 5.91. The van der Waals surface area contributed by atoms with Gasteiger partial charge in [0.2, 0.25) is 0 Å². The van der Waals surface area contributed by atoms with E-state index in [9.17, 15) is 4.79 Å². The van der Waals surface area contributed by atoms with E-state index in [1.807, 2.05) is 25.1 Å². The Hall–Kier alpha value is -1.35. The van der Waals surface area contributed by atoms with Gasteiger partial charge in [-0.3, -0.25) is 4.79 Å². The minimum atomic E-state index is 0.0265. The first-order valence-electron chi connectivity index (χ1n) is 4.72. The molecule has 0 radical (unpaired) electrons. The molecule has 74 valence electrons. The van der Waals surface area contributed by atoms with E-state index in [4.69, 9.17) is 5.11 Å². The molecule has 1 aliphatic heterocycles. The van der Waals surface area contributed by atoms with E-state index in [1.54, 1.807) is 4.90 Å². The van der Waals surface area contributed by atoms with Crippen molar-refractivity contribution < 1.29 is 9.90 Å². The molecule has 2 rings (SSSR count). The van der Waals surface area contributed by atoms with Crippen LogP contribution in [-0.2, 0) is 6.54 Å². The number of hydrogen-bond acceptors (Lipinski definition) is 2. The Kier molecular flexibility index (Phi) is 2.25. The molecule has 0 aliphatic carbocycles. The molecule has 1 N–H and O–H groups in total. The molecule has 14 heavy (non-hydrogen) atoms. The van der Waals surface area contributed by atoms with E-state index in [0.29, 0.717) is 13.1 Å². The van der Waals surface area contributed by atoms with Gasteiger partial charge in [0.25, 0.3) is 5.91 Å². The molecule has 0 saturated heterocycles. The van der Waals surface area contributed by atoms with Crippen LogP contribution in [0.4, 0.5) is 0 Å². The molecule has 0 unspecified atom stereocenters. The lowest BCUT2D eigenvalue weighted by Crippen LogP contribution is -2.26. The summed E-state index contributed by atoms with van der Waals surface area (Å²) in [6.07, 6.45) is 0. The number of amides is 1. The number of β-amino-alcohol motifs (C(OH)–C–C–N with tert-alkyl or cyclic N) is 1. The number of aliphatic hydroxyl groups excluding tert-OH is 1. The van der Waals surface area contributed by atoms with Gasteiger partial charge >= 0.3 is 0 Å². The van der Waals surface area contributed by atoms with E-state index in [0.717, 1.165) is 16.7 Å². The Bertz CT molecular complexity index is 374. The lowest BCUT2D eigenvalue weighted by molar-refractivity contribution is 0.0745. The van der Waals surface area contributed by atoms with Gasteiger partial charge in [-0.1, -0.05) is 17.7 Å². The molecule has 0 spiro atoms. The number of benzene rings is 1. The second-order valence-electron chi connectivity index (χ2n) is 3.61. The largest absolute Gasteiger partial charge is 0.395 e. The van der Waals surface area contributed by atoms with Gasteiger partial charge in [-0.15, -0.1) is 0 Å². The number of hydrogen-bond donors (Lipinski definition) is 1. The number of carbonyl (C=O) groups is 1. The standard InChI is InChI=1S/C11H13NO2/c1-8-2-3-9-7-12(4-5-13)11(14)10(9)6-8/h2-3,6,13H,4-5,7H2,1H3. The first-order valence-corrected chi connectivity index (χ1v) is 4.72. The maximum absolute atomic E-state index is 11.8. The third-order valence-corrected chi connectivity index (χ3v) is 2.51. The first-order chi connectivity index (χ1) is 6.72. The van der Waals surface area contributed by atoms with E-state index in [-0.39, 0.29) is 12.5 Å². The topological polar surface area (TPSA) is 40.5 Å². The summed E-state index contributed by atoms with van der Waals surface area (Å²) in [5, 5.41) is 8.78. The van der Waals surface area contributed by atoms with Crippen LogP contribution in [0.1, 0.15) is 21.5 Å². The predicted octanol–water partition coefficient (Wildman–Crippen LogP) is 0.943. The molecule has 1 aromatic carbocycles. The van der Waals surface area contributed by atoms with Crippen molar-refractivity contribution in [2.24, 2.45) is 0 Å². The third kappa shape index (κ3) is 1.40. The predicted molar refractivity (Wildman–Crippen MR) is 53.0 cm³/mol. The molecular weight excluding hydrogens is 178 g/mol. The Morgan fingerprint density at radius 1 is 1.50 bits per heavy atom. The Labute approximate surface area is 83.0 Å². The lowest BCUT2D eigenvalue weighted by Gasteiger charge is -2.12. The molecule has 1 aromatic rings. The average Bonchev–Trinajstić information content (AvgIpc) is 2.46. The van der Waals surface area contributed by atoms with Gasteiger partial charge in [0.15, 0.2) is 0 Å². The van der Waals surface area contributed by atoms with Crippen LogP contribution >= 0.6 is 0 Å². The third-order valence-electron chi connectivity index (χ3n) is 2.51. The fourth-order valence-corrected chi connectivity index (χ4v) is 1.78. The molecule has 1 amide bonds. The Morgan fingerprint density at radius 2 is 2.29 bits per heavy atom. The minimum absolute atomic E-state index is 0.0265. The van der Waals surface area contributed by atoms with E-state index < -0.39 is 0 Å². The van der Waals surface area contributed by atoms with Crippen LogP contribution in [0, 0.1) is 6.92 Å². The Morgan fingerprint density at radius 3 is 3.00 bits per heavy atom. The van der Waals surface area contributed by atoms with E-state index in [1.165, 1.54) is 0 Å². The quantitative estimate of drug-likeness (QED) is 0.755. The smallest absolute Gasteiger partial charge is 0.254 e. The number of nitrogens with zero attached hydrogens (tertiary/aromatic N) is 1. The Balaban J connectivity index is 2.31. The van der Waals surface area contributed by atoms with Crippen LogP contribution < -0.4 is 0 Å². The van der Waals surface area contributed by atoms with Crippen molar-refractivity contribution in [3.63, 3.8) is 0 Å². The molecule has 0 saturated carbocycles. The zero-order chi connectivity index (χ0) is 10.1. The maximum Gasteiger partial charge on any atom is 0.254 e. The van der Waals surface area contributed by atoms with Gasteiger partial charge < -0.3 is 10.0 Å². The maximum atomic E-state index is 11.8. The summed E-state index contributed by atoms with van der Waals surface area (Å²) in [6.45, 7) is 3.06. The van der Waals surface area contributed by atoms with Crippen molar-refractivity contribution in [2.75, 3.05) is 13.2 Å². The van der Waals surface area contributed by atoms with E-state index >= 15 is 0 Å². The van der Waals surface area contributed by atoms with Crippen molar-refractivity contribution in [1.29, 1.82) is 0 Å². The van der Waals surface area contributed by atoms with Crippen molar-refractivity contribution in [1.82, 2.24) is 4.90 Å². The van der Waals surface area contributed by atoms with Crippen LogP contribution in [0.3, 0.4) is 0 Å². The van der Waals surface area contributed by atoms with Gasteiger partial charge in [-0.2, -0.15) is 0 Å². The average molecular weight is 191 g/mol. The van der Waals surface area contributed by atoms with Crippen LogP contribution in [-0.4, -0.2) is 29.1 Å². The summed E-state index contributed by atoms with van der Waals surface area (Å²) in [5.41, 5.74) is 2.95. The highest BCUT2D eigenvalue weighted by Gasteiger charge is 2.26. The molecule has 0 bridgehead atoms. The normalized spacial score (nSPS) is 14.7. The molecule has 3 heteroatoms. The number of rotatable bonds is 2. The summed E-state index contributed by atoms with van der Waals surface area (Å²) in [5.74, 6) is 0.0396.